The highest BCUT2D eigenvalue weighted by Gasteiger charge is 2.39. The molecule has 0 bridgehead atoms. The van der Waals surface area contributed by atoms with Crippen LogP contribution in [-0.2, 0) is 14.8 Å². The molecule has 168 valence electrons. The van der Waals surface area contributed by atoms with Crippen LogP contribution in [0.1, 0.15) is 24.0 Å². The lowest BCUT2D eigenvalue weighted by Gasteiger charge is -2.25. The Balaban J connectivity index is 1.29. The Hall–Kier alpha value is -3.72. The van der Waals surface area contributed by atoms with Gasteiger partial charge in [-0.3, -0.25) is 4.79 Å². The number of carbonyl (C=O) groups excluding carboxylic acids is 1. The number of rotatable bonds is 4. The minimum absolute atomic E-state index is 0.180. The third-order valence-electron chi connectivity index (χ3n) is 5.69. The van der Waals surface area contributed by atoms with Crippen molar-refractivity contribution in [3.63, 3.8) is 0 Å². The topological polar surface area (TPSA) is 101 Å². The fourth-order valence-corrected chi connectivity index (χ4v) is 5.27. The maximum atomic E-state index is 13.0. The van der Waals surface area contributed by atoms with E-state index in [-0.39, 0.29) is 10.8 Å². The molecule has 1 aromatic heterocycles. The maximum Gasteiger partial charge on any atom is 0.285 e. The molecule has 1 fully saturated rings. The molecule has 0 unspecified atom stereocenters. The molecule has 8 nitrogen and oxygen atoms in total. The second kappa shape index (κ2) is 8.32. The molecule has 0 aliphatic carbocycles. The number of amides is 1. The van der Waals surface area contributed by atoms with E-state index in [0.717, 1.165) is 12.0 Å². The van der Waals surface area contributed by atoms with E-state index in [0.29, 0.717) is 41.7 Å². The highest BCUT2D eigenvalue weighted by Crippen LogP contribution is 2.31. The van der Waals surface area contributed by atoms with Gasteiger partial charge in [-0.25, -0.2) is 4.98 Å². The van der Waals surface area contributed by atoms with E-state index in [4.69, 9.17) is 4.74 Å². The van der Waals surface area contributed by atoms with Gasteiger partial charge in [-0.1, -0.05) is 29.8 Å². The fourth-order valence-electron chi connectivity index (χ4n) is 4.06. The van der Waals surface area contributed by atoms with Gasteiger partial charge in [0.05, 0.1) is 11.9 Å². The van der Waals surface area contributed by atoms with Crippen molar-refractivity contribution in [3.05, 3.63) is 78.0 Å². The van der Waals surface area contributed by atoms with Gasteiger partial charge >= 0.3 is 0 Å². The lowest BCUT2D eigenvalue weighted by molar-refractivity contribution is -0.119. The van der Waals surface area contributed by atoms with Gasteiger partial charge in [-0.05, 0) is 50.1 Å². The Morgan fingerprint density at radius 1 is 1.09 bits per heavy atom. The van der Waals surface area contributed by atoms with Crippen molar-refractivity contribution in [2.24, 2.45) is 4.40 Å². The molecule has 3 aromatic rings. The van der Waals surface area contributed by atoms with Crippen molar-refractivity contribution in [1.29, 1.82) is 0 Å². The first-order chi connectivity index (χ1) is 15.9. The molecule has 1 atom stereocenters. The SMILES string of the molecule is Cc1ccc(Oc2ccc(NC(=O)[C@@H]3CCCN3C3=NS(=O)(=O)c4ccccc43)cn2)cc1. The van der Waals surface area contributed by atoms with E-state index in [1.54, 1.807) is 35.2 Å². The van der Waals surface area contributed by atoms with E-state index in [1.807, 2.05) is 31.2 Å². The number of ether oxygens (including phenoxy) is 1. The molecular weight excluding hydrogens is 440 g/mol. The van der Waals surface area contributed by atoms with Crippen molar-refractivity contribution in [2.75, 3.05) is 11.9 Å². The Morgan fingerprint density at radius 2 is 1.88 bits per heavy atom. The second-order valence-electron chi connectivity index (χ2n) is 8.03. The van der Waals surface area contributed by atoms with E-state index in [9.17, 15) is 13.2 Å². The number of likely N-dealkylation sites (tertiary alicyclic amines) is 1. The quantitative estimate of drug-likeness (QED) is 0.634. The number of nitrogens with one attached hydrogen (secondary N) is 1. The molecule has 3 heterocycles. The number of benzene rings is 2. The average Bonchev–Trinajstić information content (AvgIpc) is 3.40. The number of hydrogen-bond acceptors (Lipinski definition) is 6. The van der Waals surface area contributed by atoms with Crippen LogP contribution in [-0.4, -0.2) is 42.6 Å². The Bertz CT molecular complexity index is 1340. The standard InChI is InChI=1S/C24H22N4O4S/c1-16-8-11-18(12-9-16)32-22-13-10-17(15-25-22)26-24(29)20-6-4-14-28(20)23-19-5-2-3-7-21(19)33(30,31)27-23/h2-3,5,7-13,15,20H,4,6,14H2,1H3,(H,26,29)/t20-/m0/s1. The molecule has 33 heavy (non-hydrogen) atoms. The summed E-state index contributed by atoms with van der Waals surface area (Å²) in [5.41, 5.74) is 2.21. The number of fused-ring (bicyclic) bond motifs is 1. The van der Waals surface area contributed by atoms with Crippen LogP contribution >= 0.6 is 0 Å². The molecule has 1 amide bonds. The molecule has 9 heteroatoms. The predicted molar refractivity (Wildman–Crippen MR) is 124 cm³/mol. The molecule has 0 saturated carbocycles. The number of aromatic nitrogens is 1. The molecule has 0 spiro atoms. The first-order valence-corrected chi connectivity index (χ1v) is 12.1. The van der Waals surface area contributed by atoms with Crippen LogP contribution in [0.3, 0.4) is 0 Å². The van der Waals surface area contributed by atoms with Crippen molar-refractivity contribution < 1.29 is 17.9 Å². The van der Waals surface area contributed by atoms with Crippen LogP contribution in [0.2, 0.25) is 0 Å². The van der Waals surface area contributed by atoms with E-state index >= 15 is 0 Å². The van der Waals surface area contributed by atoms with Crippen LogP contribution in [0, 0.1) is 6.92 Å². The van der Waals surface area contributed by atoms with Crippen LogP contribution in [0.4, 0.5) is 5.69 Å². The Kier molecular flexibility index (Phi) is 5.33. The van der Waals surface area contributed by atoms with Gasteiger partial charge in [0, 0.05) is 18.2 Å². The highest BCUT2D eigenvalue weighted by atomic mass is 32.2. The number of nitrogens with zero attached hydrogens (tertiary/aromatic N) is 3. The smallest absolute Gasteiger partial charge is 0.285 e. The van der Waals surface area contributed by atoms with E-state index in [1.165, 1.54) is 12.3 Å². The van der Waals surface area contributed by atoms with Gasteiger partial charge in [-0.15, -0.1) is 4.40 Å². The van der Waals surface area contributed by atoms with Gasteiger partial charge in [0.2, 0.25) is 11.8 Å². The summed E-state index contributed by atoms with van der Waals surface area (Å²) < 4.78 is 34.6. The molecule has 2 aromatic carbocycles. The van der Waals surface area contributed by atoms with Crippen molar-refractivity contribution in [2.45, 2.75) is 30.7 Å². The number of anilines is 1. The third kappa shape index (κ3) is 4.19. The second-order valence-corrected chi connectivity index (χ2v) is 9.60. The zero-order valence-electron chi connectivity index (χ0n) is 17.9. The molecule has 2 aliphatic rings. The summed E-state index contributed by atoms with van der Waals surface area (Å²) in [7, 11) is -3.74. The van der Waals surface area contributed by atoms with Crippen molar-refractivity contribution >= 4 is 27.5 Å². The van der Waals surface area contributed by atoms with E-state index in [2.05, 4.69) is 14.7 Å². The largest absolute Gasteiger partial charge is 0.439 e. The summed E-state index contributed by atoms with van der Waals surface area (Å²) in [4.78, 5) is 19.3. The highest BCUT2D eigenvalue weighted by molar-refractivity contribution is 7.90. The zero-order chi connectivity index (χ0) is 23.0. The summed E-state index contributed by atoms with van der Waals surface area (Å²) in [6.45, 7) is 2.56. The Labute approximate surface area is 192 Å². The van der Waals surface area contributed by atoms with Gasteiger partial charge in [0.25, 0.3) is 10.0 Å². The molecule has 1 N–H and O–H groups in total. The van der Waals surface area contributed by atoms with Gasteiger partial charge in [0.15, 0.2) is 5.84 Å². The fraction of sp³-hybridized carbons (Fsp3) is 0.208. The number of amidine groups is 1. The summed E-state index contributed by atoms with van der Waals surface area (Å²) in [6, 6.07) is 17.2. The number of sulfonamides is 1. The number of carbonyl (C=O) groups is 1. The maximum absolute atomic E-state index is 13.0. The zero-order valence-corrected chi connectivity index (χ0v) is 18.7. The first-order valence-electron chi connectivity index (χ1n) is 10.6. The van der Waals surface area contributed by atoms with Gasteiger partial charge in [0.1, 0.15) is 16.7 Å². The summed E-state index contributed by atoms with van der Waals surface area (Å²) in [5, 5.41) is 2.88. The summed E-state index contributed by atoms with van der Waals surface area (Å²) >= 11 is 0. The monoisotopic (exact) mass is 462 g/mol. The molecular formula is C24H22N4O4S. The molecule has 5 rings (SSSR count). The normalized spacial score (nSPS) is 18.5. The van der Waals surface area contributed by atoms with Gasteiger partial charge in [-0.2, -0.15) is 8.42 Å². The third-order valence-corrected chi connectivity index (χ3v) is 7.01. The molecule has 0 radical (unpaired) electrons. The average molecular weight is 463 g/mol. The summed E-state index contributed by atoms with van der Waals surface area (Å²) in [6.07, 6.45) is 2.91. The lowest BCUT2D eigenvalue weighted by atomic mass is 10.1. The van der Waals surface area contributed by atoms with Crippen LogP contribution in [0.5, 0.6) is 11.6 Å². The minimum atomic E-state index is -3.74. The number of hydrogen-bond donors (Lipinski definition) is 1. The van der Waals surface area contributed by atoms with Crippen molar-refractivity contribution in [1.82, 2.24) is 9.88 Å². The van der Waals surface area contributed by atoms with Crippen LogP contribution in [0.25, 0.3) is 0 Å². The lowest BCUT2D eigenvalue weighted by Crippen LogP contribution is -2.43. The van der Waals surface area contributed by atoms with Crippen LogP contribution in [0.15, 0.2) is 76.2 Å². The van der Waals surface area contributed by atoms with Gasteiger partial charge < -0.3 is 15.0 Å². The molecule has 2 aliphatic heterocycles. The molecule has 1 saturated heterocycles. The summed E-state index contributed by atoms with van der Waals surface area (Å²) in [5.74, 6) is 1.20. The van der Waals surface area contributed by atoms with E-state index < -0.39 is 16.1 Å². The predicted octanol–water partition coefficient (Wildman–Crippen LogP) is 3.73. The van der Waals surface area contributed by atoms with Crippen LogP contribution < -0.4 is 10.1 Å². The first kappa shape index (κ1) is 21.1. The number of aryl methyl sites for hydroxylation is 1. The number of pyridine rings is 1. The minimum Gasteiger partial charge on any atom is -0.439 e. The van der Waals surface area contributed by atoms with Crippen molar-refractivity contribution in [3.8, 4) is 11.6 Å². The Morgan fingerprint density at radius 3 is 2.64 bits per heavy atom.